The number of carbonyl (C=O) groups is 2. The molecular formula is C54H52F6O7. The SMILES string of the molecule is CCC(C)(c1ccc(C(=O)OCC(F)(F)F)cc1)C(Cc1cccc(Oc2ccccc2)c1)OC(Cc1cccc(Oc2ccccc2)c1)C(C)(CC)c1ccc(C(=O)OCC(F)(F)F)cc1. The van der Waals surface area contributed by atoms with Crippen molar-refractivity contribution in [2.24, 2.45) is 0 Å². The molecule has 4 atom stereocenters. The highest BCUT2D eigenvalue weighted by Gasteiger charge is 2.43. The van der Waals surface area contributed by atoms with Crippen molar-refractivity contribution in [2.75, 3.05) is 13.2 Å². The van der Waals surface area contributed by atoms with Crippen LogP contribution in [0.15, 0.2) is 158 Å². The largest absolute Gasteiger partial charge is 0.457 e. The van der Waals surface area contributed by atoms with Crippen molar-refractivity contribution in [2.45, 2.75) is 88.8 Å². The van der Waals surface area contributed by atoms with Gasteiger partial charge >= 0.3 is 24.3 Å². The first-order valence-corrected chi connectivity index (χ1v) is 21.9. The number of alkyl halides is 6. The van der Waals surface area contributed by atoms with Crippen LogP contribution < -0.4 is 9.47 Å². The lowest BCUT2D eigenvalue weighted by Gasteiger charge is -2.45. The number of hydrogen-bond donors (Lipinski definition) is 0. The van der Waals surface area contributed by atoms with E-state index in [-0.39, 0.29) is 11.1 Å². The van der Waals surface area contributed by atoms with E-state index in [0.717, 1.165) is 22.3 Å². The molecule has 0 bridgehead atoms. The Hall–Kier alpha value is -6.60. The molecule has 13 heteroatoms. The molecule has 6 aromatic carbocycles. The molecule has 352 valence electrons. The van der Waals surface area contributed by atoms with E-state index >= 15 is 0 Å². The third kappa shape index (κ3) is 13.7. The number of esters is 2. The third-order valence-corrected chi connectivity index (χ3v) is 12.1. The van der Waals surface area contributed by atoms with Gasteiger partial charge in [-0.05, 0) is 121 Å². The monoisotopic (exact) mass is 926 g/mol. The Kier molecular flexibility index (Phi) is 16.2. The van der Waals surface area contributed by atoms with Gasteiger partial charge in [-0.2, -0.15) is 26.3 Å². The Bertz CT molecular complexity index is 2350. The molecule has 0 aliphatic carbocycles. The molecule has 0 saturated carbocycles. The van der Waals surface area contributed by atoms with E-state index in [1.807, 2.05) is 137 Å². The summed E-state index contributed by atoms with van der Waals surface area (Å²) in [7, 11) is 0. The molecule has 7 nitrogen and oxygen atoms in total. The highest BCUT2D eigenvalue weighted by atomic mass is 19.4. The molecule has 0 N–H and O–H groups in total. The quantitative estimate of drug-likeness (QED) is 0.0557. The maximum atomic E-state index is 12.9. The first kappa shape index (κ1) is 49.8. The molecule has 0 spiro atoms. The highest BCUT2D eigenvalue weighted by Crippen LogP contribution is 2.42. The molecule has 6 aromatic rings. The zero-order valence-corrected chi connectivity index (χ0v) is 37.5. The van der Waals surface area contributed by atoms with Crippen molar-refractivity contribution in [3.05, 3.63) is 191 Å². The van der Waals surface area contributed by atoms with Crippen LogP contribution in [0.3, 0.4) is 0 Å². The summed E-state index contributed by atoms with van der Waals surface area (Å²) in [5.41, 5.74) is 1.56. The summed E-state index contributed by atoms with van der Waals surface area (Å²) in [5.74, 6) is 0.278. The summed E-state index contributed by atoms with van der Waals surface area (Å²) in [6, 6.07) is 46.6. The first-order chi connectivity index (χ1) is 31.9. The second kappa shape index (κ2) is 21.8. The highest BCUT2D eigenvalue weighted by molar-refractivity contribution is 5.90. The van der Waals surface area contributed by atoms with Gasteiger partial charge in [0.2, 0.25) is 0 Å². The van der Waals surface area contributed by atoms with Crippen LogP contribution in [0.1, 0.15) is 83.5 Å². The number of rotatable bonds is 20. The smallest absolute Gasteiger partial charge is 0.422 e. The van der Waals surface area contributed by atoms with Crippen LogP contribution in [0.5, 0.6) is 23.0 Å². The van der Waals surface area contributed by atoms with Gasteiger partial charge in [0.15, 0.2) is 13.2 Å². The maximum Gasteiger partial charge on any atom is 0.422 e. The van der Waals surface area contributed by atoms with Crippen molar-refractivity contribution >= 4 is 11.9 Å². The lowest BCUT2D eigenvalue weighted by molar-refractivity contribution is -0.161. The van der Waals surface area contributed by atoms with E-state index in [4.69, 9.17) is 14.2 Å². The van der Waals surface area contributed by atoms with Crippen LogP contribution >= 0.6 is 0 Å². The molecule has 67 heavy (non-hydrogen) atoms. The fourth-order valence-corrected chi connectivity index (χ4v) is 7.87. The minimum atomic E-state index is -4.69. The van der Waals surface area contributed by atoms with Crippen LogP contribution in [-0.2, 0) is 37.9 Å². The molecule has 0 aliphatic heterocycles. The van der Waals surface area contributed by atoms with Gasteiger partial charge in [0.05, 0.1) is 23.3 Å². The molecule has 0 amide bonds. The van der Waals surface area contributed by atoms with Gasteiger partial charge in [-0.15, -0.1) is 0 Å². The van der Waals surface area contributed by atoms with Crippen LogP contribution in [0, 0.1) is 0 Å². The fourth-order valence-electron chi connectivity index (χ4n) is 7.87. The average Bonchev–Trinajstić information content (AvgIpc) is 3.32. The summed E-state index contributed by atoms with van der Waals surface area (Å²) in [5, 5.41) is 0. The number of para-hydroxylation sites is 2. The van der Waals surface area contributed by atoms with Gasteiger partial charge < -0.3 is 23.7 Å². The number of benzene rings is 6. The van der Waals surface area contributed by atoms with Gasteiger partial charge in [-0.3, -0.25) is 0 Å². The number of halogens is 6. The fraction of sp³-hybridized carbons (Fsp3) is 0.296. The normalized spacial score (nSPS) is 14.5. The molecule has 6 rings (SSSR count). The average molecular weight is 927 g/mol. The number of hydrogen-bond acceptors (Lipinski definition) is 7. The topological polar surface area (TPSA) is 80.3 Å². The van der Waals surface area contributed by atoms with Gasteiger partial charge in [-0.25, -0.2) is 9.59 Å². The minimum absolute atomic E-state index is 0.0468. The lowest BCUT2D eigenvalue weighted by Crippen LogP contribution is -2.48. The summed E-state index contributed by atoms with van der Waals surface area (Å²) in [4.78, 5) is 25.4. The minimum Gasteiger partial charge on any atom is -0.457 e. The van der Waals surface area contributed by atoms with Gasteiger partial charge in [0.1, 0.15) is 23.0 Å². The predicted octanol–water partition coefficient (Wildman–Crippen LogP) is 14.0. The Labute approximate surface area is 386 Å². The third-order valence-electron chi connectivity index (χ3n) is 12.1. The van der Waals surface area contributed by atoms with Gasteiger partial charge in [0.25, 0.3) is 0 Å². The summed E-state index contributed by atoms with van der Waals surface area (Å²) >= 11 is 0. The lowest BCUT2D eigenvalue weighted by atomic mass is 9.70. The van der Waals surface area contributed by atoms with E-state index in [1.54, 1.807) is 24.3 Å². The molecule has 0 saturated heterocycles. The van der Waals surface area contributed by atoms with Crippen molar-refractivity contribution in [3.8, 4) is 23.0 Å². The number of carbonyl (C=O) groups excluding carboxylic acids is 2. The van der Waals surface area contributed by atoms with E-state index in [0.29, 0.717) is 48.7 Å². The zero-order valence-electron chi connectivity index (χ0n) is 37.5. The molecule has 0 radical (unpaired) electrons. The van der Waals surface area contributed by atoms with E-state index in [2.05, 4.69) is 9.47 Å². The Balaban J connectivity index is 1.43. The predicted molar refractivity (Wildman–Crippen MR) is 243 cm³/mol. The Morgan fingerprint density at radius 2 is 0.806 bits per heavy atom. The molecule has 0 aliphatic rings. The zero-order chi connectivity index (χ0) is 48.2. The van der Waals surface area contributed by atoms with Crippen LogP contribution in [0.4, 0.5) is 26.3 Å². The summed E-state index contributed by atoms with van der Waals surface area (Å²) in [6.07, 6.45) is -8.89. The standard InChI is InChI=1S/C54H52F6O7/c1-5-51(3,41-27-23-39(24-28-41)49(61)63-35-53(55,56)57)47(33-37-15-13-21-45(31-37)65-43-17-9-7-10-18-43)67-48(34-38-16-14-22-46(32-38)66-44-19-11-8-12-20-44)52(4,6-2)42-29-25-40(26-30-42)50(62)64-36-54(58,59)60/h7-32,47-48H,5-6,33-36H2,1-4H3. The maximum absolute atomic E-state index is 12.9. The summed E-state index contributed by atoms with van der Waals surface area (Å²) in [6.45, 7) is 4.65. The Morgan fingerprint density at radius 1 is 0.463 bits per heavy atom. The number of ether oxygens (including phenoxy) is 5. The molecule has 0 aromatic heterocycles. The first-order valence-electron chi connectivity index (χ1n) is 21.9. The molecule has 0 fully saturated rings. The molecule has 4 unspecified atom stereocenters. The summed E-state index contributed by atoms with van der Waals surface area (Å²) < 4.78 is 107. The second-order valence-electron chi connectivity index (χ2n) is 16.7. The van der Waals surface area contributed by atoms with Crippen molar-refractivity contribution < 1.29 is 59.6 Å². The van der Waals surface area contributed by atoms with Gasteiger partial charge in [-0.1, -0.05) is 113 Å². The van der Waals surface area contributed by atoms with Crippen molar-refractivity contribution in [1.29, 1.82) is 0 Å². The van der Waals surface area contributed by atoms with Gasteiger partial charge in [0, 0.05) is 10.8 Å². The van der Waals surface area contributed by atoms with Crippen molar-refractivity contribution in [1.82, 2.24) is 0 Å². The second-order valence-corrected chi connectivity index (χ2v) is 16.7. The van der Waals surface area contributed by atoms with E-state index in [9.17, 15) is 35.9 Å². The van der Waals surface area contributed by atoms with Crippen LogP contribution in [0.2, 0.25) is 0 Å². The molecule has 0 heterocycles. The van der Waals surface area contributed by atoms with Crippen LogP contribution in [-0.4, -0.2) is 49.7 Å². The Morgan fingerprint density at radius 3 is 1.13 bits per heavy atom. The van der Waals surface area contributed by atoms with E-state index in [1.165, 1.54) is 24.3 Å². The molecular weight excluding hydrogens is 875 g/mol. The van der Waals surface area contributed by atoms with E-state index < -0.39 is 60.5 Å². The van der Waals surface area contributed by atoms with Crippen molar-refractivity contribution in [3.63, 3.8) is 0 Å². The van der Waals surface area contributed by atoms with Crippen LogP contribution in [0.25, 0.3) is 0 Å².